The highest BCUT2D eigenvalue weighted by atomic mass is 16.5. The highest BCUT2D eigenvalue weighted by Gasteiger charge is 2.13. The van der Waals surface area contributed by atoms with Crippen LogP contribution < -0.4 is 16.1 Å². The number of nitrogens with zero attached hydrogens (tertiary/aromatic N) is 2. The number of carbonyl (C=O) groups is 5. The summed E-state index contributed by atoms with van der Waals surface area (Å²) in [6.07, 6.45) is 17.5. The molecule has 0 atom stereocenters. The number of carbonyl (C=O) groups excluding carboxylic acids is 5. The van der Waals surface area contributed by atoms with Gasteiger partial charge in [-0.25, -0.2) is 15.6 Å². The lowest BCUT2D eigenvalue weighted by Crippen LogP contribution is -2.31. The molecule has 0 bridgehead atoms. The molecule has 0 saturated carbocycles. The molecule has 6 N–H and O–H groups in total. The molecule has 0 radical (unpaired) electrons. The number of hydrogen-bond donors (Lipinski definition) is 6. The molecular weight excluding hydrogens is 594 g/mol. The lowest BCUT2D eigenvalue weighted by molar-refractivity contribution is -0.166. The molecule has 0 spiro atoms. The van der Waals surface area contributed by atoms with E-state index in [1.165, 1.54) is 50.1 Å². The first-order valence-corrected chi connectivity index (χ1v) is 17.2. The molecule has 0 rings (SSSR count). The van der Waals surface area contributed by atoms with Crippen LogP contribution in [0.15, 0.2) is 12.2 Å². The number of allylic oxidation sites excluding steroid dienone is 1. The molecule has 0 aliphatic carbocycles. The normalized spacial score (nSPS) is 11.1. The third kappa shape index (κ3) is 27.3. The topological polar surface area (TPSA) is 189 Å². The van der Waals surface area contributed by atoms with Gasteiger partial charge in [0.15, 0.2) is 0 Å². The zero-order valence-electron chi connectivity index (χ0n) is 28.3. The van der Waals surface area contributed by atoms with E-state index >= 15 is 0 Å². The van der Waals surface area contributed by atoms with E-state index in [0.717, 1.165) is 30.2 Å². The monoisotopic (exact) mass is 655 g/mol. The second-order valence-electron chi connectivity index (χ2n) is 12.2. The van der Waals surface area contributed by atoms with Crippen LogP contribution in [0.1, 0.15) is 136 Å². The first kappa shape index (κ1) is 43.0. The third-order valence-corrected chi connectivity index (χ3v) is 7.46. The van der Waals surface area contributed by atoms with Crippen LogP contribution in [-0.4, -0.2) is 81.5 Å². The number of rotatable bonds is 29. The van der Waals surface area contributed by atoms with Gasteiger partial charge >= 0.3 is 0 Å². The highest BCUT2D eigenvalue weighted by molar-refractivity contribution is 5.86. The fourth-order valence-corrected chi connectivity index (χ4v) is 4.60. The molecule has 266 valence electrons. The molecule has 0 aromatic heterocycles. The molecular formula is C33H61N5O8. The summed E-state index contributed by atoms with van der Waals surface area (Å²) in [6, 6.07) is 0. The van der Waals surface area contributed by atoms with Gasteiger partial charge in [0.05, 0.1) is 0 Å². The van der Waals surface area contributed by atoms with Crippen LogP contribution in [0, 0.1) is 5.92 Å². The van der Waals surface area contributed by atoms with Gasteiger partial charge in [-0.05, 0) is 57.3 Å². The Morgan fingerprint density at radius 2 is 1.09 bits per heavy atom. The second-order valence-corrected chi connectivity index (χ2v) is 12.2. The molecule has 0 aromatic carbocycles. The highest BCUT2D eigenvalue weighted by Crippen LogP contribution is 2.12. The van der Waals surface area contributed by atoms with Crippen molar-refractivity contribution in [1.29, 1.82) is 0 Å². The van der Waals surface area contributed by atoms with Crippen molar-refractivity contribution in [2.45, 2.75) is 136 Å². The van der Waals surface area contributed by atoms with Crippen LogP contribution in [0.3, 0.4) is 0 Å². The molecule has 0 saturated heterocycles. The van der Waals surface area contributed by atoms with E-state index in [0.29, 0.717) is 56.7 Å². The van der Waals surface area contributed by atoms with Crippen molar-refractivity contribution in [2.24, 2.45) is 5.92 Å². The molecule has 0 heterocycles. The summed E-state index contributed by atoms with van der Waals surface area (Å²) in [6.45, 7) is 5.67. The Kier molecular flexibility index (Phi) is 27.4. The predicted molar refractivity (Wildman–Crippen MR) is 175 cm³/mol. The summed E-state index contributed by atoms with van der Waals surface area (Å²) in [5.74, 6) is -1.41. The van der Waals surface area contributed by atoms with Gasteiger partial charge < -0.3 is 10.6 Å². The van der Waals surface area contributed by atoms with Gasteiger partial charge in [-0.15, -0.1) is 0 Å². The first-order valence-electron chi connectivity index (χ1n) is 17.2. The fourth-order valence-electron chi connectivity index (χ4n) is 4.60. The Hall–Kier alpha value is -3.03. The molecule has 5 amide bonds. The Labute approximate surface area is 275 Å². The van der Waals surface area contributed by atoms with Gasteiger partial charge in [-0.1, -0.05) is 64.9 Å². The number of nitrogens with one attached hydrogen (secondary N) is 3. The Morgan fingerprint density at radius 1 is 0.609 bits per heavy atom. The van der Waals surface area contributed by atoms with Crippen LogP contribution in [0.25, 0.3) is 0 Å². The smallest absolute Gasteiger partial charge is 0.269 e. The maximum Gasteiger partial charge on any atom is 0.269 e. The van der Waals surface area contributed by atoms with Crippen molar-refractivity contribution < 1.29 is 39.6 Å². The standard InChI is InChI=1S/C33H61N5O8/c1-28(2)18-12-8-6-4-3-5-7-9-13-19-32(42)37(45)26-16-10-15-25-35-30(40)22-23-33(43)38(46)27-17-11-14-24-34-29(39)20-21-31(41)36-44/h13,19,28,44-46H,3-12,14-18,20-27H2,1-2H3,(H,34,39)(H,35,40)(H,36,41)/b19-13-. The minimum atomic E-state index is -0.631. The first-order chi connectivity index (χ1) is 22.1. The molecule has 0 aliphatic heterocycles. The van der Waals surface area contributed by atoms with Crippen LogP contribution >= 0.6 is 0 Å². The van der Waals surface area contributed by atoms with E-state index in [-0.39, 0.29) is 50.6 Å². The van der Waals surface area contributed by atoms with Crippen molar-refractivity contribution in [3.63, 3.8) is 0 Å². The van der Waals surface area contributed by atoms with E-state index in [4.69, 9.17) is 5.21 Å². The van der Waals surface area contributed by atoms with Gasteiger partial charge in [0.1, 0.15) is 0 Å². The summed E-state index contributed by atoms with van der Waals surface area (Å²) in [5.41, 5.74) is 1.46. The Bertz CT molecular complexity index is 884. The second kappa shape index (κ2) is 29.4. The zero-order valence-corrected chi connectivity index (χ0v) is 28.3. The summed E-state index contributed by atoms with van der Waals surface area (Å²) in [7, 11) is 0. The average molecular weight is 656 g/mol. The minimum absolute atomic E-state index is 0.0270. The molecule has 0 aliphatic rings. The van der Waals surface area contributed by atoms with Crippen LogP contribution in [0.4, 0.5) is 0 Å². The van der Waals surface area contributed by atoms with Crippen molar-refractivity contribution >= 4 is 29.5 Å². The van der Waals surface area contributed by atoms with Gasteiger partial charge in [-0.3, -0.25) is 39.6 Å². The van der Waals surface area contributed by atoms with Gasteiger partial charge in [-0.2, -0.15) is 0 Å². The zero-order chi connectivity index (χ0) is 34.4. The van der Waals surface area contributed by atoms with Crippen molar-refractivity contribution in [2.75, 3.05) is 26.2 Å². The Balaban J connectivity index is 3.72. The maximum atomic E-state index is 12.1. The molecule has 0 fully saturated rings. The largest absolute Gasteiger partial charge is 0.356 e. The number of hydrogen-bond acceptors (Lipinski definition) is 8. The number of unbranched alkanes of at least 4 members (excludes halogenated alkanes) is 11. The third-order valence-electron chi connectivity index (χ3n) is 7.46. The summed E-state index contributed by atoms with van der Waals surface area (Å²) >= 11 is 0. The van der Waals surface area contributed by atoms with Crippen molar-refractivity contribution in [1.82, 2.24) is 26.2 Å². The summed E-state index contributed by atoms with van der Waals surface area (Å²) in [5, 5.41) is 34.9. The lowest BCUT2D eigenvalue weighted by atomic mass is 10.0. The van der Waals surface area contributed by atoms with E-state index in [1.54, 1.807) is 0 Å². The average Bonchev–Trinajstić information content (AvgIpc) is 3.03. The number of amides is 5. The van der Waals surface area contributed by atoms with Gasteiger partial charge in [0.2, 0.25) is 23.6 Å². The molecule has 13 nitrogen and oxygen atoms in total. The van der Waals surface area contributed by atoms with E-state index in [9.17, 15) is 34.4 Å². The van der Waals surface area contributed by atoms with Crippen molar-refractivity contribution in [3.05, 3.63) is 12.2 Å². The molecule has 0 unspecified atom stereocenters. The predicted octanol–water partition coefficient (Wildman–Crippen LogP) is 4.78. The molecule has 46 heavy (non-hydrogen) atoms. The van der Waals surface area contributed by atoms with Crippen molar-refractivity contribution in [3.8, 4) is 0 Å². The Morgan fingerprint density at radius 3 is 1.65 bits per heavy atom. The quantitative estimate of drug-likeness (QED) is 0.0287. The minimum Gasteiger partial charge on any atom is -0.356 e. The summed E-state index contributed by atoms with van der Waals surface area (Å²) < 4.78 is 0. The fraction of sp³-hybridized carbons (Fsp3) is 0.788. The van der Waals surface area contributed by atoms with E-state index < -0.39 is 17.7 Å². The number of hydroxylamine groups is 5. The van der Waals surface area contributed by atoms with Crippen LogP contribution in [0.2, 0.25) is 0 Å². The maximum absolute atomic E-state index is 12.1. The summed E-state index contributed by atoms with van der Waals surface area (Å²) in [4.78, 5) is 58.5. The molecule has 0 aromatic rings. The van der Waals surface area contributed by atoms with Gasteiger partial charge in [0.25, 0.3) is 5.91 Å². The van der Waals surface area contributed by atoms with Crippen LogP contribution in [-0.2, 0) is 24.0 Å². The van der Waals surface area contributed by atoms with E-state index in [2.05, 4.69) is 24.5 Å². The van der Waals surface area contributed by atoms with Gasteiger partial charge in [0, 0.05) is 57.9 Å². The molecule has 13 heteroatoms. The SMILES string of the molecule is CC(C)CCCCCCCCC/C=C\C(=O)N(O)CCCCCNC(=O)CCC(=O)N(O)CCCCCNC(=O)CCC(=O)NO. The van der Waals surface area contributed by atoms with Crippen LogP contribution in [0.5, 0.6) is 0 Å². The van der Waals surface area contributed by atoms with E-state index in [1.807, 2.05) is 6.08 Å². The lowest BCUT2D eigenvalue weighted by Gasteiger charge is -2.15.